The van der Waals surface area contributed by atoms with E-state index in [1.165, 1.54) is 17.5 Å². The number of nitrogens with zero attached hydrogens (tertiary/aromatic N) is 2. The monoisotopic (exact) mass is 352 g/mol. The fraction of sp³-hybridized carbons (Fsp3) is 0.500. The van der Waals surface area contributed by atoms with Crippen LogP contribution < -0.4 is 4.74 Å². The number of fused-ring (bicyclic) bond motifs is 2. The summed E-state index contributed by atoms with van der Waals surface area (Å²) in [5.74, 6) is 1.42. The second kappa shape index (κ2) is 7.01. The number of likely N-dealkylation sites (tertiary alicyclic amines) is 1. The first-order valence-electron chi connectivity index (χ1n) is 9.61. The predicted octanol–water partition coefficient (Wildman–Crippen LogP) is 3.52. The van der Waals surface area contributed by atoms with Crippen molar-refractivity contribution >= 4 is 0 Å². The molecule has 2 bridgehead atoms. The maximum Gasteiger partial charge on any atom is 0.123 e. The average Bonchev–Trinajstić information content (AvgIpc) is 2.63. The molecular formula is C22H28N2O2. The number of pyridine rings is 1. The van der Waals surface area contributed by atoms with E-state index in [1.807, 2.05) is 18.2 Å². The fourth-order valence-electron chi connectivity index (χ4n) is 4.96. The Morgan fingerprint density at radius 2 is 1.96 bits per heavy atom. The Balaban J connectivity index is 1.58. The van der Waals surface area contributed by atoms with Crippen LogP contribution in [-0.2, 0) is 12.1 Å². The molecule has 1 aromatic heterocycles. The SMILES string of the molecule is COc1ccc(C)cc1CN1C[C@H]2CCC[C@H](C1)C2(O)c1ccccn1. The molecule has 1 saturated carbocycles. The maximum atomic E-state index is 11.6. The average molecular weight is 352 g/mol. The van der Waals surface area contributed by atoms with Crippen LogP contribution in [0.3, 0.4) is 0 Å². The molecule has 2 aliphatic rings. The minimum Gasteiger partial charge on any atom is -0.496 e. The molecule has 1 aromatic carbocycles. The van der Waals surface area contributed by atoms with Crippen molar-refractivity contribution in [2.75, 3.05) is 20.2 Å². The third kappa shape index (κ3) is 3.01. The van der Waals surface area contributed by atoms with E-state index in [4.69, 9.17) is 4.74 Å². The van der Waals surface area contributed by atoms with Gasteiger partial charge in [0.05, 0.1) is 12.8 Å². The highest BCUT2D eigenvalue weighted by Gasteiger charge is 2.52. The summed E-state index contributed by atoms with van der Waals surface area (Å²) in [5.41, 5.74) is 2.55. The molecule has 4 rings (SSSR count). The van der Waals surface area contributed by atoms with E-state index < -0.39 is 5.60 Å². The first kappa shape index (κ1) is 17.5. The molecule has 2 atom stereocenters. The molecule has 1 aliphatic heterocycles. The Kier molecular flexibility index (Phi) is 4.72. The number of piperidine rings is 1. The van der Waals surface area contributed by atoms with Gasteiger partial charge in [-0.3, -0.25) is 9.88 Å². The van der Waals surface area contributed by atoms with E-state index in [0.717, 1.165) is 43.9 Å². The van der Waals surface area contributed by atoms with Crippen molar-refractivity contribution in [3.05, 3.63) is 59.4 Å². The molecule has 0 radical (unpaired) electrons. The van der Waals surface area contributed by atoms with Gasteiger partial charge in [-0.2, -0.15) is 0 Å². The fourth-order valence-corrected chi connectivity index (χ4v) is 4.96. The zero-order chi connectivity index (χ0) is 18.1. The van der Waals surface area contributed by atoms with Crippen molar-refractivity contribution in [1.29, 1.82) is 0 Å². The van der Waals surface area contributed by atoms with E-state index in [1.54, 1.807) is 13.3 Å². The van der Waals surface area contributed by atoms with E-state index >= 15 is 0 Å². The molecule has 4 heteroatoms. The molecule has 2 fully saturated rings. The number of aliphatic hydroxyl groups is 1. The lowest BCUT2D eigenvalue weighted by molar-refractivity contribution is -0.151. The van der Waals surface area contributed by atoms with Gasteiger partial charge < -0.3 is 9.84 Å². The number of hydrogen-bond donors (Lipinski definition) is 1. The van der Waals surface area contributed by atoms with Gasteiger partial charge in [-0.05, 0) is 38.0 Å². The third-order valence-corrected chi connectivity index (χ3v) is 6.21. The molecule has 1 aliphatic carbocycles. The van der Waals surface area contributed by atoms with E-state index in [-0.39, 0.29) is 11.8 Å². The summed E-state index contributed by atoms with van der Waals surface area (Å²) in [7, 11) is 1.74. The normalized spacial score (nSPS) is 28.7. The third-order valence-electron chi connectivity index (χ3n) is 6.21. The van der Waals surface area contributed by atoms with Gasteiger partial charge in [-0.1, -0.05) is 30.2 Å². The summed E-state index contributed by atoms with van der Waals surface area (Å²) in [6, 6.07) is 12.3. The highest BCUT2D eigenvalue weighted by molar-refractivity contribution is 5.37. The highest BCUT2D eigenvalue weighted by Crippen LogP contribution is 2.48. The van der Waals surface area contributed by atoms with Crippen molar-refractivity contribution in [2.45, 2.75) is 38.3 Å². The van der Waals surface area contributed by atoms with Crippen molar-refractivity contribution < 1.29 is 9.84 Å². The van der Waals surface area contributed by atoms with Gasteiger partial charge >= 0.3 is 0 Å². The van der Waals surface area contributed by atoms with Crippen molar-refractivity contribution in [1.82, 2.24) is 9.88 Å². The molecule has 138 valence electrons. The summed E-state index contributed by atoms with van der Waals surface area (Å²) in [6.07, 6.45) is 5.12. The van der Waals surface area contributed by atoms with Crippen molar-refractivity contribution in [3.8, 4) is 5.75 Å². The molecule has 2 aromatic rings. The molecule has 1 N–H and O–H groups in total. The number of aryl methyl sites for hydroxylation is 1. The van der Waals surface area contributed by atoms with E-state index in [9.17, 15) is 5.11 Å². The quantitative estimate of drug-likeness (QED) is 0.914. The molecule has 0 spiro atoms. The number of ether oxygens (including phenoxy) is 1. The highest BCUT2D eigenvalue weighted by atomic mass is 16.5. The molecule has 4 nitrogen and oxygen atoms in total. The molecule has 26 heavy (non-hydrogen) atoms. The van der Waals surface area contributed by atoms with Crippen LogP contribution in [0.25, 0.3) is 0 Å². The first-order chi connectivity index (χ1) is 12.6. The standard InChI is InChI=1S/C22H28N2O2/c1-16-9-10-20(26-2)17(12-16)13-24-14-18-6-5-7-19(15-24)22(18,25)21-8-3-4-11-23-21/h3-4,8-12,18-19,25H,5-7,13-15H2,1-2H3/t18-,19-/m1/s1. The van der Waals surface area contributed by atoms with Crippen molar-refractivity contribution in [2.24, 2.45) is 11.8 Å². The van der Waals surface area contributed by atoms with Crippen LogP contribution in [0, 0.1) is 18.8 Å². The lowest BCUT2D eigenvalue weighted by Crippen LogP contribution is -2.58. The zero-order valence-electron chi connectivity index (χ0n) is 15.7. The van der Waals surface area contributed by atoms with Gasteiger partial charge in [0.25, 0.3) is 0 Å². The van der Waals surface area contributed by atoms with Gasteiger partial charge in [0, 0.05) is 43.2 Å². The Hall–Kier alpha value is -1.91. The Bertz CT molecular complexity index is 748. The van der Waals surface area contributed by atoms with Gasteiger partial charge in [-0.25, -0.2) is 0 Å². The molecular weight excluding hydrogens is 324 g/mol. The van der Waals surface area contributed by atoms with Crippen molar-refractivity contribution in [3.63, 3.8) is 0 Å². The number of benzene rings is 1. The maximum absolute atomic E-state index is 11.6. The van der Waals surface area contributed by atoms with Gasteiger partial charge in [-0.15, -0.1) is 0 Å². The summed E-state index contributed by atoms with van der Waals surface area (Å²) in [6.45, 7) is 4.80. The van der Waals surface area contributed by atoms with Gasteiger partial charge in [0.1, 0.15) is 11.4 Å². The summed E-state index contributed by atoms with van der Waals surface area (Å²) in [5, 5.41) is 11.6. The topological polar surface area (TPSA) is 45.6 Å². The Morgan fingerprint density at radius 3 is 2.62 bits per heavy atom. The molecule has 2 heterocycles. The van der Waals surface area contributed by atoms with Crippen LogP contribution in [0.2, 0.25) is 0 Å². The summed E-state index contributed by atoms with van der Waals surface area (Å²) < 4.78 is 5.56. The summed E-state index contributed by atoms with van der Waals surface area (Å²) >= 11 is 0. The Morgan fingerprint density at radius 1 is 1.19 bits per heavy atom. The van der Waals surface area contributed by atoms with Crippen LogP contribution in [0.4, 0.5) is 0 Å². The second-order valence-electron chi connectivity index (χ2n) is 7.87. The van der Waals surface area contributed by atoms with E-state index in [0.29, 0.717) is 0 Å². The number of rotatable bonds is 4. The lowest BCUT2D eigenvalue weighted by Gasteiger charge is -2.52. The summed E-state index contributed by atoms with van der Waals surface area (Å²) in [4.78, 5) is 7.01. The van der Waals surface area contributed by atoms with E-state index in [2.05, 4.69) is 35.0 Å². The number of methoxy groups -OCH3 is 1. The number of aromatic nitrogens is 1. The van der Waals surface area contributed by atoms with Crippen LogP contribution in [-0.4, -0.2) is 35.2 Å². The zero-order valence-corrected chi connectivity index (χ0v) is 15.7. The molecule has 1 saturated heterocycles. The van der Waals surface area contributed by atoms with Crippen LogP contribution in [0.1, 0.15) is 36.1 Å². The van der Waals surface area contributed by atoms with Crippen LogP contribution in [0.15, 0.2) is 42.6 Å². The molecule has 0 unspecified atom stereocenters. The predicted molar refractivity (Wildman–Crippen MR) is 102 cm³/mol. The minimum atomic E-state index is -0.785. The van der Waals surface area contributed by atoms with Gasteiger partial charge in [0.15, 0.2) is 0 Å². The molecule has 0 amide bonds. The van der Waals surface area contributed by atoms with Crippen LogP contribution in [0.5, 0.6) is 5.75 Å². The number of hydrogen-bond acceptors (Lipinski definition) is 4. The van der Waals surface area contributed by atoms with Crippen LogP contribution >= 0.6 is 0 Å². The van der Waals surface area contributed by atoms with Gasteiger partial charge in [0.2, 0.25) is 0 Å². The lowest BCUT2D eigenvalue weighted by atomic mass is 9.64. The second-order valence-corrected chi connectivity index (χ2v) is 7.87. The Labute approximate surface area is 155 Å². The largest absolute Gasteiger partial charge is 0.496 e. The first-order valence-corrected chi connectivity index (χ1v) is 9.61. The minimum absolute atomic E-state index is 0.237. The smallest absolute Gasteiger partial charge is 0.123 e.